The average Bonchev–Trinajstić information content (AvgIpc) is 2.36. The standard InChI is InChI=1S/C12H17ClN4O3/c1-8-3-2-4-12(18,5-8)7-15-10-9(17(19)20)6-14-11(13)16-10/h6,8,18H,2-5,7H2,1H3,(H,14,15,16). The fourth-order valence-corrected chi connectivity index (χ4v) is 2.79. The smallest absolute Gasteiger partial charge is 0.329 e. The molecule has 8 heteroatoms. The molecule has 7 nitrogen and oxygen atoms in total. The molecule has 2 atom stereocenters. The zero-order valence-corrected chi connectivity index (χ0v) is 11.9. The number of aliphatic hydroxyl groups is 1. The molecule has 0 aliphatic heterocycles. The summed E-state index contributed by atoms with van der Waals surface area (Å²) in [7, 11) is 0. The number of aromatic nitrogens is 2. The van der Waals surface area contributed by atoms with Gasteiger partial charge >= 0.3 is 5.69 Å². The largest absolute Gasteiger partial charge is 0.388 e. The van der Waals surface area contributed by atoms with Gasteiger partial charge in [0.2, 0.25) is 11.1 Å². The number of nitrogens with one attached hydrogen (secondary N) is 1. The van der Waals surface area contributed by atoms with E-state index in [1.165, 1.54) is 0 Å². The van der Waals surface area contributed by atoms with Gasteiger partial charge in [-0.3, -0.25) is 10.1 Å². The third-order valence-corrected chi connectivity index (χ3v) is 3.77. The van der Waals surface area contributed by atoms with Crippen LogP contribution >= 0.6 is 11.6 Å². The van der Waals surface area contributed by atoms with Crippen LogP contribution in [0.2, 0.25) is 5.28 Å². The zero-order valence-electron chi connectivity index (χ0n) is 11.2. The molecule has 0 radical (unpaired) electrons. The molecule has 2 N–H and O–H groups in total. The predicted octanol–water partition coefficient (Wildman–Crippen LogP) is 2.39. The number of halogens is 1. The zero-order chi connectivity index (χ0) is 14.8. The van der Waals surface area contributed by atoms with Gasteiger partial charge in [-0.25, -0.2) is 4.98 Å². The lowest BCUT2D eigenvalue weighted by molar-refractivity contribution is -0.384. The van der Waals surface area contributed by atoms with Crippen LogP contribution in [0.4, 0.5) is 11.5 Å². The Balaban J connectivity index is 2.10. The summed E-state index contributed by atoms with van der Waals surface area (Å²) in [6.45, 7) is 2.31. The van der Waals surface area contributed by atoms with Gasteiger partial charge in [0, 0.05) is 6.54 Å². The van der Waals surface area contributed by atoms with Crippen molar-refractivity contribution in [1.29, 1.82) is 0 Å². The van der Waals surface area contributed by atoms with Crippen LogP contribution in [0, 0.1) is 16.0 Å². The first-order valence-corrected chi connectivity index (χ1v) is 6.91. The van der Waals surface area contributed by atoms with Crippen molar-refractivity contribution >= 4 is 23.1 Å². The van der Waals surface area contributed by atoms with Gasteiger partial charge in [-0.1, -0.05) is 19.8 Å². The van der Waals surface area contributed by atoms with E-state index in [1.807, 2.05) is 0 Å². The fourth-order valence-electron chi connectivity index (χ4n) is 2.66. The highest BCUT2D eigenvalue weighted by atomic mass is 35.5. The van der Waals surface area contributed by atoms with E-state index in [9.17, 15) is 15.2 Å². The quantitative estimate of drug-likeness (QED) is 0.503. The summed E-state index contributed by atoms with van der Waals surface area (Å²) in [5.41, 5.74) is -1.11. The van der Waals surface area contributed by atoms with Gasteiger partial charge in [0.25, 0.3) is 0 Å². The Kier molecular flexibility index (Phi) is 4.39. The van der Waals surface area contributed by atoms with E-state index < -0.39 is 10.5 Å². The summed E-state index contributed by atoms with van der Waals surface area (Å²) >= 11 is 5.65. The Morgan fingerprint density at radius 3 is 3.10 bits per heavy atom. The third kappa shape index (κ3) is 3.55. The summed E-state index contributed by atoms with van der Waals surface area (Å²) in [6, 6.07) is 0. The molecule has 1 aliphatic carbocycles. The Labute approximate surface area is 121 Å². The minimum Gasteiger partial charge on any atom is -0.388 e. The average molecular weight is 301 g/mol. The normalized spacial score (nSPS) is 26.2. The Morgan fingerprint density at radius 2 is 2.45 bits per heavy atom. The summed E-state index contributed by atoms with van der Waals surface area (Å²) in [5.74, 6) is 0.487. The molecule has 1 heterocycles. The maximum atomic E-state index is 10.9. The molecule has 0 bridgehead atoms. The van der Waals surface area contributed by atoms with E-state index in [1.54, 1.807) is 0 Å². The first-order chi connectivity index (χ1) is 9.39. The highest BCUT2D eigenvalue weighted by molar-refractivity contribution is 6.28. The molecular formula is C12H17ClN4O3. The van der Waals surface area contributed by atoms with Crippen molar-refractivity contribution < 1.29 is 10.0 Å². The molecule has 0 amide bonds. The van der Waals surface area contributed by atoms with Crippen molar-refractivity contribution in [3.05, 3.63) is 21.6 Å². The molecule has 1 fully saturated rings. The molecule has 0 aromatic carbocycles. The second-order valence-electron chi connectivity index (χ2n) is 5.41. The number of hydrogen-bond acceptors (Lipinski definition) is 6. The molecule has 1 aromatic rings. The van der Waals surface area contributed by atoms with Gasteiger partial charge < -0.3 is 10.4 Å². The van der Waals surface area contributed by atoms with Gasteiger partial charge in [0.05, 0.1) is 10.5 Å². The SMILES string of the molecule is CC1CCCC(O)(CNc2nc(Cl)ncc2[N+](=O)[O-])C1. The van der Waals surface area contributed by atoms with Crippen molar-refractivity contribution in [2.24, 2.45) is 5.92 Å². The van der Waals surface area contributed by atoms with Gasteiger partial charge in [-0.15, -0.1) is 0 Å². The van der Waals surface area contributed by atoms with Crippen LogP contribution < -0.4 is 5.32 Å². The maximum Gasteiger partial charge on any atom is 0.329 e. The van der Waals surface area contributed by atoms with E-state index in [0.29, 0.717) is 18.8 Å². The minimum absolute atomic E-state index is 0.0432. The van der Waals surface area contributed by atoms with E-state index in [4.69, 9.17) is 11.6 Å². The summed E-state index contributed by atoms with van der Waals surface area (Å²) < 4.78 is 0. The highest BCUT2D eigenvalue weighted by Crippen LogP contribution is 2.33. The van der Waals surface area contributed by atoms with Crippen molar-refractivity contribution in [2.75, 3.05) is 11.9 Å². The lowest BCUT2D eigenvalue weighted by atomic mass is 9.79. The lowest BCUT2D eigenvalue weighted by Crippen LogP contribution is -2.41. The first-order valence-electron chi connectivity index (χ1n) is 6.53. The van der Waals surface area contributed by atoms with Crippen LogP contribution in [0.25, 0.3) is 0 Å². The molecule has 1 aromatic heterocycles. The molecule has 0 spiro atoms. The fraction of sp³-hybridized carbons (Fsp3) is 0.667. The number of rotatable bonds is 4. The molecule has 110 valence electrons. The monoisotopic (exact) mass is 300 g/mol. The summed E-state index contributed by atoms with van der Waals surface area (Å²) in [5, 5.41) is 24.2. The predicted molar refractivity (Wildman–Crippen MR) is 74.8 cm³/mol. The van der Waals surface area contributed by atoms with Gasteiger partial charge in [0.1, 0.15) is 6.20 Å². The number of nitrogens with zero attached hydrogens (tertiary/aromatic N) is 3. The molecule has 0 saturated heterocycles. The minimum atomic E-state index is -0.858. The second kappa shape index (κ2) is 5.88. The Bertz CT molecular complexity index is 513. The summed E-state index contributed by atoms with van der Waals surface area (Å²) in [4.78, 5) is 17.7. The van der Waals surface area contributed by atoms with Crippen LogP contribution in [0.15, 0.2) is 6.20 Å². The summed E-state index contributed by atoms with van der Waals surface area (Å²) in [6.07, 6.45) is 4.46. The van der Waals surface area contributed by atoms with E-state index in [0.717, 1.165) is 19.0 Å². The van der Waals surface area contributed by atoms with Crippen molar-refractivity contribution in [3.63, 3.8) is 0 Å². The number of anilines is 1. The number of nitro groups is 1. The molecule has 1 aliphatic rings. The molecular weight excluding hydrogens is 284 g/mol. The van der Waals surface area contributed by atoms with Crippen LogP contribution in [0.3, 0.4) is 0 Å². The lowest BCUT2D eigenvalue weighted by Gasteiger charge is -2.35. The molecule has 2 unspecified atom stereocenters. The van der Waals surface area contributed by atoms with Gasteiger partial charge in [0.15, 0.2) is 0 Å². The van der Waals surface area contributed by atoms with Gasteiger partial charge in [-0.05, 0) is 30.4 Å². The van der Waals surface area contributed by atoms with Crippen molar-refractivity contribution in [1.82, 2.24) is 9.97 Å². The molecule has 2 rings (SSSR count). The van der Waals surface area contributed by atoms with Crippen LogP contribution in [0.1, 0.15) is 32.6 Å². The first kappa shape index (κ1) is 14.9. The van der Waals surface area contributed by atoms with E-state index in [-0.39, 0.29) is 23.3 Å². The topological polar surface area (TPSA) is 101 Å². The Morgan fingerprint density at radius 1 is 1.70 bits per heavy atom. The Hall–Kier alpha value is -1.47. The van der Waals surface area contributed by atoms with Crippen LogP contribution in [-0.4, -0.2) is 32.1 Å². The van der Waals surface area contributed by atoms with Crippen molar-refractivity contribution in [2.45, 2.75) is 38.2 Å². The van der Waals surface area contributed by atoms with Gasteiger partial charge in [-0.2, -0.15) is 4.98 Å². The molecule has 1 saturated carbocycles. The highest BCUT2D eigenvalue weighted by Gasteiger charge is 2.33. The second-order valence-corrected chi connectivity index (χ2v) is 5.75. The van der Waals surface area contributed by atoms with E-state index in [2.05, 4.69) is 22.2 Å². The van der Waals surface area contributed by atoms with Crippen molar-refractivity contribution in [3.8, 4) is 0 Å². The van der Waals surface area contributed by atoms with Crippen LogP contribution in [0.5, 0.6) is 0 Å². The van der Waals surface area contributed by atoms with E-state index >= 15 is 0 Å². The third-order valence-electron chi connectivity index (χ3n) is 3.59. The number of hydrogen-bond donors (Lipinski definition) is 2. The molecule has 20 heavy (non-hydrogen) atoms. The van der Waals surface area contributed by atoms with Crippen LogP contribution in [-0.2, 0) is 0 Å². The maximum absolute atomic E-state index is 10.9.